The number of furan rings is 1. The second-order valence-electron chi connectivity index (χ2n) is 4.10. The first-order valence-electron chi connectivity index (χ1n) is 5.38. The molecule has 1 aromatic heterocycles. The number of rotatable bonds is 2. The molecule has 2 rings (SSSR count). The number of nitrogens with one attached hydrogen (secondary N) is 1. The lowest BCUT2D eigenvalue weighted by atomic mass is 9.92. The van der Waals surface area contributed by atoms with Crippen LogP contribution in [-0.2, 0) is 5.60 Å². The fourth-order valence-electron chi connectivity index (χ4n) is 2.00. The first kappa shape index (κ1) is 11.2. The van der Waals surface area contributed by atoms with E-state index in [2.05, 4.69) is 5.32 Å². The Balaban J connectivity index is 2.23. The lowest BCUT2D eigenvalue weighted by molar-refractivity contribution is 0.00158. The Morgan fingerprint density at radius 1 is 1.38 bits per heavy atom. The molecule has 0 saturated carbocycles. The molecule has 1 unspecified atom stereocenters. The molecule has 1 saturated heterocycles. The van der Waals surface area contributed by atoms with Crippen LogP contribution in [0.2, 0.25) is 0 Å². The first-order valence-corrected chi connectivity index (χ1v) is 5.38. The highest BCUT2D eigenvalue weighted by Gasteiger charge is 2.33. The zero-order valence-corrected chi connectivity index (χ0v) is 8.90. The summed E-state index contributed by atoms with van der Waals surface area (Å²) >= 11 is 0. The van der Waals surface area contributed by atoms with E-state index in [0.717, 1.165) is 13.0 Å². The third kappa shape index (κ3) is 2.10. The van der Waals surface area contributed by atoms with Crippen molar-refractivity contribution in [3.05, 3.63) is 23.7 Å². The Bertz CT molecular complexity index is 377. The van der Waals surface area contributed by atoms with Crippen LogP contribution in [-0.4, -0.2) is 29.3 Å². The summed E-state index contributed by atoms with van der Waals surface area (Å²) in [6.45, 7) is 1.58. The maximum atomic E-state index is 10.7. The van der Waals surface area contributed by atoms with Gasteiger partial charge in [0.05, 0.1) is 0 Å². The molecule has 1 aliphatic rings. The van der Waals surface area contributed by atoms with Gasteiger partial charge in [-0.2, -0.15) is 0 Å². The van der Waals surface area contributed by atoms with Gasteiger partial charge in [-0.1, -0.05) is 0 Å². The summed E-state index contributed by atoms with van der Waals surface area (Å²) in [5, 5.41) is 22.3. The van der Waals surface area contributed by atoms with Crippen LogP contribution in [0.25, 0.3) is 0 Å². The predicted molar refractivity (Wildman–Crippen MR) is 56.3 cm³/mol. The Kier molecular flexibility index (Phi) is 2.98. The minimum atomic E-state index is -1.11. The van der Waals surface area contributed by atoms with Crippen molar-refractivity contribution in [3.63, 3.8) is 0 Å². The van der Waals surface area contributed by atoms with Crippen LogP contribution in [0.15, 0.2) is 16.5 Å². The number of carboxylic acid groups (broad SMARTS) is 1. The highest BCUT2D eigenvalue weighted by molar-refractivity contribution is 5.84. The number of carboxylic acids is 1. The summed E-state index contributed by atoms with van der Waals surface area (Å²) in [6, 6.07) is 2.93. The average Bonchev–Trinajstić information content (AvgIpc) is 2.64. The Hall–Kier alpha value is -1.33. The van der Waals surface area contributed by atoms with Crippen molar-refractivity contribution < 1.29 is 19.4 Å². The van der Waals surface area contributed by atoms with Gasteiger partial charge in [0, 0.05) is 0 Å². The molecule has 88 valence electrons. The van der Waals surface area contributed by atoms with Crippen molar-refractivity contribution in [2.75, 3.05) is 13.1 Å². The minimum absolute atomic E-state index is 0.124. The van der Waals surface area contributed by atoms with Crippen LogP contribution in [0.5, 0.6) is 0 Å². The van der Waals surface area contributed by atoms with Crippen molar-refractivity contribution in [1.29, 1.82) is 0 Å². The van der Waals surface area contributed by atoms with Crippen LogP contribution >= 0.6 is 0 Å². The van der Waals surface area contributed by atoms with Crippen molar-refractivity contribution in [3.8, 4) is 0 Å². The molecular weight excluding hydrogens is 210 g/mol. The maximum absolute atomic E-state index is 10.7. The highest BCUT2D eigenvalue weighted by atomic mass is 16.4. The van der Waals surface area contributed by atoms with Crippen LogP contribution in [0.3, 0.4) is 0 Å². The Labute approximate surface area is 93.1 Å². The fraction of sp³-hybridized carbons (Fsp3) is 0.545. The van der Waals surface area contributed by atoms with Gasteiger partial charge in [0.1, 0.15) is 11.4 Å². The summed E-state index contributed by atoms with van der Waals surface area (Å²) in [5.74, 6) is -0.879. The van der Waals surface area contributed by atoms with Crippen LogP contribution in [0.4, 0.5) is 0 Å². The molecule has 0 aromatic carbocycles. The second-order valence-corrected chi connectivity index (χ2v) is 4.10. The van der Waals surface area contributed by atoms with Gasteiger partial charge >= 0.3 is 5.97 Å². The summed E-state index contributed by atoms with van der Waals surface area (Å²) in [5.41, 5.74) is -1.03. The monoisotopic (exact) mass is 225 g/mol. The van der Waals surface area contributed by atoms with Gasteiger partial charge in [0.2, 0.25) is 5.76 Å². The number of aliphatic hydroxyl groups is 1. The molecular formula is C11H15NO4. The van der Waals surface area contributed by atoms with Crippen molar-refractivity contribution >= 4 is 5.97 Å². The smallest absolute Gasteiger partial charge is 0.371 e. The first-order chi connectivity index (χ1) is 7.62. The molecule has 0 spiro atoms. The minimum Gasteiger partial charge on any atom is -0.475 e. The number of hydrogen-bond acceptors (Lipinski definition) is 4. The molecule has 1 aromatic rings. The van der Waals surface area contributed by atoms with E-state index in [1.165, 1.54) is 6.07 Å². The molecule has 1 fully saturated rings. The van der Waals surface area contributed by atoms with E-state index in [9.17, 15) is 9.90 Å². The third-order valence-electron chi connectivity index (χ3n) is 2.93. The van der Waals surface area contributed by atoms with Crippen molar-refractivity contribution in [2.45, 2.75) is 24.9 Å². The fourth-order valence-corrected chi connectivity index (χ4v) is 2.00. The van der Waals surface area contributed by atoms with E-state index in [1.54, 1.807) is 6.07 Å². The summed E-state index contributed by atoms with van der Waals surface area (Å²) in [4.78, 5) is 10.7. The standard InChI is InChI=1S/C11H15NO4/c13-10(14)8-2-3-9(16-8)11(15)4-1-6-12-7-5-11/h2-3,12,15H,1,4-7H2,(H,13,14). The Morgan fingerprint density at radius 3 is 2.88 bits per heavy atom. The quantitative estimate of drug-likeness (QED) is 0.697. The molecule has 5 nitrogen and oxygen atoms in total. The number of aromatic carboxylic acids is 1. The summed E-state index contributed by atoms with van der Waals surface area (Å²) in [7, 11) is 0. The van der Waals surface area contributed by atoms with E-state index in [1.807, 2.05) is 0 Å². The third-order valence-corrected chi connectivity index (χ3v) is 2.93. The van der Waals surface area contributed by atoms with Gasteiger partial charge < -0.3 is 19.9 Å². The molecule has 1 aliphatic heterocycles. The molecule has 0 amide bonds. The topological polar surface area (TPSA) is 82.7 Å². The Morgan fingerprint density at radius 2 is 2.19 bits per heavy atom. The number of carbonyl (C=O) groups is 1. The zero-order chi connectivity index (χ0) is 11.6. The predicted octanol–water partition coefficient (Wildman–Crippen LogP) is 0.939. The van der Waals surface area contributed by atoms with E-state index < -0.39 is 11.6 Å². The molecule has 0 aliphatic carbocycles. The zero-order valence-electron chi connectivity index (χ0n) is 8.90. The van der Waals surface area contributed by atoms with E-state index in [0.29, 0.717) is 25.1 Å². The molecule has 0 radical (unpaired) electrons. The second kappa shape index (κ2) is 4.27. The lowest BCUT2D eigenvalue weighted by Gasteiger charge is -2.23. The van der Waals surface area contributed by atoms with Gasteiger partial charge in [0.15, 0.2) is 0 Å². The van der Waals surface area contributed by atoms with E-state index >= 15 is 0 Å². The lowest BCUT2D eigenvalue weighted by Crippen LogP contribution is -2.26. The summed E-state index contributed by atoms with van der Waals surface area (Å²) < 4.78 is 5.17. The largest absolute Gasteiger partial charge is 0.475 e. The van der Waals surface area contributed by atoms with Gasteiger partial charge in [0.25, 0.3) is 0 Å². The van der Waals surface area contributed by atoms with E-state index in [4.69, 9.17) is 9.52 Å². The molecule has 3 N–H and O–H groups in total. The normalized spacial score (nSPS) is 26.3. The van der Waals surface area contributed by atoms with Crippen LogP contribution in [0.1, 0.15) is 35.6 Å². The van der Waals surface area contributed by atoms with Crippen molar-refractivity contribution in [1.82, 2.24) is 5.32 Å². The molecule has 16 heavy (non-hydrogen) atoms. The molecule has 0 bridgehead atoms. The van der Waals surface area contributed by atoms with Crippen LogP contribution in [0, 0.1) is 0 Å². The van der Waals surface area contributed by atoms with Gasteiger partial charge in [-0.05, 0) is 44.5 Å². The molecule has 5 heteroatoms. The average molecular weight is 225 g/mol. The van der Waals surface area contributed by atoms with Gasteiger partial charge in [-0.25, -0.2) is 4.79 Å². The van der Waals surface area contributed by atoms with Gasteiger partial charge in [-0.15, -0.1) is 0 Å². The maximum Gasteiger partial charge on any atom is 0.371 e. The van der Waals surface area contributed by atoms with Gasteiger partial charge in [-0.3, -0.25) is 0 Å². The van der Waals surface area contributed by atoms with E-state index in [-0.39, 0.29) is 5.76 Å². The van der Waals surface area contributed by atoms with Crippen LogP contribution < -0.4 is 5.32 Å². The summed E-state index contributed by atoms with van der Waals surface area (Å²) in [6.07, 6.45) is 1.98. The SMILES string of the molecule is O=C(O)c1ccc(C2(O)CCCNCC2)o1. The highest BCUT2D eigenvalue weighted by Crippen LogP contribution is 2.32. The number of hydrogen-bond donors (Lipinski definition) is 3. The molecule has 2 heterocycles. The van der Waals surface area contributed by atoms with Crippen molar-refractivity contribution in [2.24, 2.45) is 0 Å². The molecule has 1 atom stereocenters.